The van der Waals surface area contributed by atoms with Crippen molar-refractivity contribution in [3.8, 4) is 11.5 Å². The van der Waals surface area contributed by atoms with E-state index >= 15 is 0 Å². The Bertz CT molecular complexity index is 854. The Labute approximate surface area is 241 Å². The molecule has 0 fully saturated rings. The molecule has 0 heterocycles. The minimum atomic E-state index is -0.847. The van der Waals surface area contributed by atoms with Crippen molar-refractivity contribution < 1.29 is 28.9 Å². The fraction of sp³-hybridized carbons (Fsp3) is 0.724. The van der Waals surface area contributed by atoms with Crippen LogP contribution in [0.4, 0.5) is 0 Å². The Morgan fingerprint density at radius 3 is 2.18 bits per heavy atom. The fourth-order valence-corrected chi connectivity index (χ4v) is 4.47. The number of halogens is 1. The fourth-order valence-electron chi connectivity index (χ4n) is 4.47. The van der Waals surface area contributed by atoms with E-state index in [-0.39, 0.29) is 42.5 Å². The predicted molar refractivity (Wildman–Crippen MR) is 157 cm³/mol. The van der Waals surface area contributed by atoms with Crippen LogP contribution in [0.5, 0.6) is 11.5 Å². The lowest BCUT2D eigenvalue weighted by atomic mass is 9.80. The molecule has 0 aliphatic carbocycles. The molecule has 1 aromatic carbocycles. The van der Waals surface area contributed by atoms with Crippen molar-refractivity contribution in [1.29, 1.82) is 0 Å². The van der Waals surface area contributed by atoms with Crippen LogP contribution >= 0.6 is 12.4 Å². The molecule has 0 saturated heterocycles. The van der Waals surface area contributed by atoms with Gasteiger partial charge in [-0.2, -0.15) is 0 Å². The van der Waals surface area contributed by atoms with E-state index in [0.29, 0.717) is 37.1 Å². The van der Waals surface area contributed by atoms with E-state index in [0.717, 1.165) is 18.4 Å². The van der Waals surface area contributed by atoms with Crippen LogP contribution in [-0.4, -0.2) is 69.6 Å². The number of hydrogen-bond donors (Lipinski definition) is 4. The van der Waals surface area contributed by atoms with E-state index in [9.17, 15) is 14.7 Å². The number of methoxy groups -OCH3 is 2. The molecule has 5 N–H and O–H groups in total. The highest BCUT2D eigenvalue weighted by atomic mass is 35.5. The molecule has 5 atom stereocenters. The second-order valence-electron chi connectivity index (χ2n) is 10.8. The lowest BCUT2D eigenvalue weighted by Gasteiger charge is -2.30. The molecule has 1 rings (SSSR count). The van der Waals surface area contributed by atoms with Crippen molar-refractivity contribution in [3.05, 3.63) is 23.8 Å². The van der Waals surface area contributed by atoms with E-state index in [1.165, 1.54) is 7.05 Å². The Balaban J connectivity index is 0.0000144. The summed E-state index contributed by atoms with van der Waals surface area (Å²) in [6.45, 7) is 11.0. The molecule has 1 aromatic rings. The van der Waals surface area contributed by atoms with Gasteiger partial charge in [0.15, 0.2) is 11.5 Å². The summed E-state index contributed by atoms with van der Waals surface area (Å²) in [7, 11) is 4.82. The molecular weight excluding hydrogens is 522 g/mol. The normalized spacial score (nSPS) is 15.1. The van der Waals surface area contributed by atoms with E-state index in [1.54, 1.807) is 21.1 Å². The highest BCUT2D eigenvalue weighted by Crippen LogP contribution is 2.31. The van der Waals surface area contributed by atoms with Gasteiger partial charge in [-0.25, -0.2) is 0 Å². The number of carbonyl (C=O) groups excluding carboxylic acids is 2. The molecule has 0 aliphatic heterocycles. The third-order valence-electron chi connectivity index (χ3n) is 7.12. The van der Waals surface area contributed by atoms with Gasteiger partial charge in [-0.3, -0.25) is 9.59 Å². The van der Waals surface area contributed by atoms with Crippen molar-refractivity contribution >= 4 is 24.2 Å². The molecule has 0 radical (unpaired) electrons. The maximum atomic E-state index is 12.9. The van der Waals surface area contributed by atoms with Gasteiger partial charge in [-0.05, 0) is 61.6 Å². The van der Waals surface area contributed by atoms with Crippen LogP contribution in [0.3, 0.4) is 0 Å². The average Bonchev–Trinajstić information content (AvgIpc) is 2.88. The molecule has 39 heavy (non-hydrogen) atoms. The molecule has 0 saturated carbocycles. The Morgan fingerprint density at radius 2 is 1.64 bits per heavy atom. The molecule has 0 spiro atoms. The van der Waals surface area contributed by atoms with Gasteiger partial charge < -0.3 is 35.7 Å². The molecule has 9 nitrogen and oxygen atoms in total. The van der Waals surface area contributed by atoms with Crippen LogP contribution in [0.1, 0.15) is 59.4 Å². The Morgan fingerprint density at radius 1 is 0.974 bits per heavy atom. The summed E-state index contributed by atoms with van der Waals surface area (Å²) in [5.74, 6) is 0.941. The van der Waals surface area contributed by atoms with Gasteiger partial charge in [-0.15, -0.1) is 12.4 Å². The summed E-state index contributed by atoms with van der Waals surface area (Å²) in [6, 6.07) is 4.82. The first kappa shape index (κ1) is 36.9. The topological polar surface area (TPSA) is 132 Å². The van der Waals surface area contributed by atoms with Gasteiger partial charge in [0, 0.05) is 39.1 Å². The zero-order valence-electron chi connectivity index (χ0n) is 25.0. The van der Waals surface area contributed by atoms with Crippen LogP contribution in [-0.2, 0) is 20.7 Å². The largest absolute Gasteiger partial charge is 0.493 e. The highest BCUT2D eigenvalue weighted by molar-refractivity contribution is 5.88. The summed E-state index contributed by atoms with van der Waals surface area (Å²) < 4.78 is 16.5. The molecule has 226 valence electrons. The summed E-state index contributed by atoms with van der Waals surface area (Å²) in [4.78, 5) is 24.7. The summed E-state index contributed by atoms with van der Waals surface area (Å²) in [6.07, 6.45) is 1.55. The second-order valence-corrected chi connectivity index (χ2v) is 10.8. The first-order valence-corrected chi connectivity index (χ1v) is 13.7. The van der Waals surface area contributed by atoms with E-state index in [1.807, 2.05) is 32.0 Å². The zero-order chi connectivity index (χ0) is 28.8. The molecule has 0 unspecified atom stereocenters. The number of nitrogens with one attached hydrogen (secondary N) is 2. The van der Waals surface area contributed by atoms with Gasteiger partial charge in [-0.1, -0.05) is 33.8 Å². The number of ether oxygens (including phenoxy) is 3. The predicted octanol–water partition coefficient (Wildman–Crippen LogP) is 3.34. The van der Waals surface area contributed by atoms with E-state index in [4.69, 9.17) is 19.9 Å². The first-order valence-electron chi connectivity index (χ1n) is 13.7. The molecule has 10 heteroatoms. The summed E-state index contributed by atoms with van der Waals surface area (Å²) >= 11 is 0. The number of carbonyl (C=O) groups is 2. The van der Waals surface area contributed by atoms with Crippen molar-refractivity contribution in [2.24, 2.45) is 29.4 Å². The lowest BCUT2D eigenvalue weighted by Crippen LogP contribution is -2.48. The first-order chi connectivity index (χ1) is 17.9. The molecule has 0 aliphatic rings. The van der Waals surface area contributed by atoms with Crippen molar-refractivity contribution in [2.45, 2.75) is 78.5 Å². The van der Waals surface area contributed by atoms with Gasteiger partial charge in [0.25, 0.3) is 0 Å². The van der Waals surface area contributed by atoms with Crippen molar-refractivity contribution in [3.63, 3.8) is 0 Å². The van der Waals surface area contributed by atoms with Crippen LogP contribution < -0.4 is 25.8 Å². The Hall–Kier alpha value is -2.07. The van der Waals surface area contributed by atoms with Crippen LogP contribution in [0.25, 0.3) is 0 Å². The molecule has 0 aromatic heterocycles. The van der Waals surface area contributed by atoms with Gasteiger partial charge in [0.05, 0.1) is 19.8 Å². The Kier molecular flexibility index (Phi) is 18.1. The van der Waals surface area contributed by atoms with Crippen LogP contribution in [0.2, 0.25) is 0 Å². The third kappa shape index (κ3) is 12.8. The van der Waals surface area contributed by atoms with E-state index < -0.39 is 24.1 Å². The average molecular weight is 574 g/mol. The SMILES string of the molecule is CNC(=O)[C@H](C)NC(=O)[C@@H](C[C@H](O)[C@@H](N)C[C@H](Cc1ccc(OC)c(OCCCOC)c1)C(C)C)C(C)C.Cl. The van der Waals surface area contributed by atoms with Crippen LogP contribution in [0.15, 0.2) is 18.2 Å². The monoisotopic (exact) mass is 573 g/mol. The number of amides is 2. The number of benzene rings is 1. The number of rotatable bonds is 18. The third-order valence-corrected chi connectivity index (χ3v) is 7.12. The van der Waals surface area contributed by atoms with Crippen molar-refractivity contribution in [1.82, 2.24) is 10.6 Å². The summed E-state index contributed by atoms with van der Waals surface area (Å²) in [5.41, 5.74) is 7.60. The molecule has 2 amide bonds. The quantitative estimate of drug-likeness (QED) is 0.198. The lowest BCUT2D eigenvalue weighted by molar-refractivity contribution is -0.132. The number of hydrogen-bond acceptors (Lipinski definition) is 7. The van der Waals surface area contributed by atoms with Crippen molar-refractivity contribution in [2.75, 3.05) is 34.5 Å². The molecule has 0 bridgehead atoms. The molecular formula is C29H52ClN3O6. The number of nitrogens with two attached hydrogens (primary N) is 1. The smallest absolute Gasteiger partial charge is 0.242 e. The van der Waals surface area contributed by atoms with E-state index in [2.05, 4.69) is 24.5 Å². The van der Waals surface area contributed by atoms with Gasteiger partial charge in [0.1, 0.15) is 6.04 Å². The maximum absolute atomic E-state index is 12.9. The highest BCUT2D eigenvalue weighted by Gasteiger charge is 2.31. The summed E-state index contributed by atoms with van der Waals surface area (Å²) in [5, 5.41) is 16.3. The minimum Gasteiger partial charge on any atom is -0.493 e. The van der Waals surface area contributed by atoms with Crippen LogP contribution in [0, 0.1) is 23.7 Å². The second kappa shape index (κ2) is 19.1. The minimum absolute atomic E-state index is 0. The van der Waals surface area contributed by atoms with Gasteiger partial charge >= 0.3 is 0 Å². The van der Waals surface area contributed by atoms with Gasteiger partial charge in [0.2, 0.25) is 11.8 Å². The number of likely N-dealkylation sites (N-methyl/N-ethyl adjacent to an activating group) is 1. The standard InChI is InChI=1S/C29H51N3O6.ClH/c1-18(2)22(14-21-10-11-26(37-8)27(15-21)38-13-9-12-36-7)16-24(30)25(33)17-23(19(3)4)29(35)32-20(5)28(34)31-6;/h10-11,15,18-20,22-25,33H,9,12-14,16-17,30H2,1-8H3,(H,31,34)(H,32,35);1H/t20-,22-,23-,24-,25-;/m0./s1. The number of aliphatic hydroxyl groups excluding tert-OH is 1. The zero-order valence-corrected chi connectivity index (χ0v) is 25.8. The maximum Gasteiger partial charge on any atom is 0.242 e. The number of aliphatic hydroxyl groups is 1.